The van der Waals surface area contributed by atoms with Gasteiger partial charge in [0.15, 0.2) is 6.61 Å². The smallest absolute Gasteiger partial charge is 0.310 e. The molecule has 2 aromatic rings. The predicted octanol–water partition coefficient (Wildman–Crippen LogP) is 4.17. The number of Topliss-reactive ketones (excluding diaryl/α,β-unsaturated/α-hetero) is 1. The Labute approximate surface area is 149 Å². The van der Waals surface area contributed by atoms with Crippen LogP contribution in [-0.2, 0) is 16.0 Å². The topological polar surface area (TPSA) is 48.3 Å². The SMILES string of the molecule is Cc1cc(C(=O)COC(=O)Cc2ccc(Br)cc2)c(C)n1C1CC1. The summed E-state index contributed by atoms with van der Waals surface area (Å²) in [5, 5.41) is 0. The first-order chi connectivity index (χ1) is 11.5. The summed E-state index contributed by atoms with van der Waals surface area (Å²) in [6.45, 7) is 3.77. The number of benzene rings is 1. The van der Waals surface area contributed by atoms with Gasteiger partial charge < -0.3 is 9.30 Å². The maximum atomic E-state index is 12.4. The van der Waals surface area contributed by atoms with Crippen LogP contribution in [0.25, 0.3) is 0 Å². The standard InChI is InChI=1S/C19H20BrNO3/c1-12-9-17(13(2)21(12)16-7-8-16)18(22)11-24-19(23)10-14-3-5-15(20)6-4-14/h3-6,9,16H,7-8,10-11H2,1-2H3. The molecule has 0 amide bonds. The molecule has 0 atom stereocenters. The van der Waals surface area contributed by atoms with Gasteiger partial charge in [0, 0.05) is 27.5 Å². The van der Waals surface area contributed by atoms with Crippen LogP contribution in [0.1, 0.15) is 46.2 Å². The molecule has 0 N–H and O–H groups in total. The summed E-state index contributed by atoms with van der Waals surface area (Å²) in [5.74, 6) is -0.527. The fourth-order valence-electron chi connectivity index (χ4n) is 3.00. The summed E-state index contributed by atoms with van der Waals surface area (Å²) < 4.78 is 8.34. The molecule has 3 rings (SSSR count). The van der Waals surface area contributed by atoms with Crippen molar-refractivity contribution in [1.82, 2.24) is 4.57 Å². The molecule has 1 fully saturated rings. The van der Waals surface area contributed by atoms with E-state index in [0.29, 0.717) is 11.6 Å². The Balaban J connectivity index is 1.58. The molecule has 1 aliphatic rings. The van der Waals surface area contributed by atoms with Crippen molar-refractivity contribution in [2.75, 3.05) is 6.61 Å². The highest BCUT2D eigenvalue weighted by Crippen LogP contribution is 2.38. The fraction of sp³-hybridized carbons (Fsp3) is 0.368. The van der Waals surface area contributed by atoms with Crippen LogP contribution in [-0.4, -0.2) is 22.9 Å². The number of aryl methyl sites for hydroxylation is 1. The lowest BCUT2D eigenvalue weighted by Crippen LogP contribution is -2.16. The lowest BCUT2D eigenvalue weighted by molar-refractivity contribution is -0.141. The van der Waals surface area contributed by atoms with E-state index in [-0.39, 0.29) is 24.8 Å². The number of nitrogens with zero attached hydrogens (tertiary/aromatic N) is 1. The van der Waals surface area contributed by atoms with E-state index >= 15 is 0 Å². The predicted molar refractivity (Wildman–Crippen MR) is 95.3 cm³/mol. The molecule has 4 nitrogen and oxygen atoms in total. The van der Waals surface area contributed by atoms with Gasteiger partial charge in [0.25, 0.3) is 0 Å². The van der Waals surface area contributed by atoms with Gasteiger partial charge >= 0.3 is 5.97 Å². The molecule has 1 aromatic heterocycles. The number of rotatable bonds is 6. The highest BCUT2D eigenvalue weighted by molar-refractivity contribution is 9.10. The molecular weight excluding hydrogens is 370 g/mol. The minimum atomic E-state index is -0.387. The zero-order valence-corrected chi connectivity index (χ0v) is 15.4. The number of ketones is 1. The molecular formula is C19H20BrNO3. The summed E-state index contributed by atoms with van der Waals surface area (Å²) >= 11 is 3.35. The lowest BCUT2D eigenvalue weighted by Gasteiger charge is -2.08. The van der Waals surface area contributed by atoms with E-state index < -0.39 is 0 Å². The molecule has 0 unspecified atom stereocenters. The minimum Gasteiger partial charge on any atom is -0.457 e. The summed E-state index contributed by atoms with van der Waals surface area (Å²) in [7, 11) is 0. The highest BCUT2D eigenvalue weighted by atomic mass is 79.9. The third-order valence-electron chi connectivity index (χ3n) is 4.32. The van der Waals surface area contributed by atoms with Crippen LogP contribution in [0.5, 0.6) is 0 Å². The van der Waals surface area contributed by atoms with E-state index in [9.17, 15) is 9.59 Å². The minimum absolute atomic E-state index is 0.140. The molecule has 1 aliphatic carbocycles. The van der Waals surface area contributed by atoms with Crippen molar-refractivity contribution in [3.63, 3.8) is 0 Å². The number of carbonyl (C=O) groups is 2. The van der Waals surface area contributed by atoms with Crippen LogP contribution in [0.15, 0.2) is 34.8 Å². The summed E-state index contributed by atoms with van der Waals surface area (Å²) in [6, 6.07) is 9.90. The van der Waals surface area contributed by atoms with Crippen molar-refractivity contribution < 1.29 is 14.3 Å². The van der Waals surface area contributed by atoms with Crippen molar-refractivity contribution >= 4 is 27.7 Å². The normalized spacial score (nSPS) is 13.8. The summed E-state index contributed by atoms with van der Waals surface area (Å²) in [4.78, 5) is 24.3. The third kappa shape index (κ3) is 3.78. The summed E-state index contributed by atoms with van der Waals surface area (Å²) in [5.41, 5.74) is 3.60. The molecule has 0 spiro atoms. The first kappa shape index (κ1) is 17.0. The largest absolute Gasteiger partial charge is 0.457 e. The van der Waals surface area contributed by atoms with Crippen molar-refractivity contribution in [2.24, 2.45) is 0 Å². The Hall–Kier alpha value is -1.88. The third-order valence-corrected chi connectivity index (χ3v) is 4.85. The van der Waals surface area contributed by atoms with E-state index in [4.69, 9.17) is 4.74 Å². The average Bonchev–Trinajstić information content (AvgIpc) is 3.33. The first-order valence-corrected chi connectivity index (χ1v) is 8.86. The fourth-order valence-corrected chi connectivity index (χ4v) is 3.26. The molecule has 0 aliphatic heterocycles. The number of esters is 1. The van der Waals surface area contributed by atoms with Gasteiger partial charge in [-0.15, -0.1) is 0 Å². The molecule has 0 radical (unpaired) electrons. The molecule has 5 heteroatoms. The maximum Gasteiger partial charge on any atom is 0.310 e. The Morgan fingerprint density at radius 3 is 2.50 bits per heavy atom. The van der Waals surface area contributed by atoms with Crippen LogP contribution in [0.2, 0.25) is 0 Å². The van der Waals surface area contributed by atoms with Gasteiger partial charge in [-0.1, -0.05) is 28.1 Å². The van der Waals surface area contributed by atoms with E-state index in [1.165, 1.54) is 12.8 Å². The van der Waals surface area contributed by atoms with Crippen molar-refractivity contribution in [3.05, 3.63) is 57.3 Å². The van der Waals surface area contributed by atoms with Gasteiger partial charge in [-0.25, -0.2) is 0 Å². The zero-order chi connectivity index (χ0) is 17.3. The van der Waals surface area contributed by atoms with Gasteiger partial charge in [0.05, 0.1) is 6.42 Å². The van der Waals surface area contributed by atoms with Crippen molar-refractivity contribution in [2.45, 2.75) is 39.2 Å². The molecule has 0 bridgehead atoms. The molecule has 1 saturated carbocycles. The van der Waals surface area contributed by atoms with Crippen molar-refractivity contribution in [1.29, 1.82) is 0 Å². The Morgan fingerprint density at radius 1 is 1.21 bits per heavy atom. The van der Waals surface area contributed by atoms with Gasteiger partial charge in [0.1, 0.15) is 0 Å². The number of carbonyl (C=O) groups excluding carboxylic acids is 2. The van der Waals surface area contributed by atoms with E-state index in [2.05, 4.69) is 20.5 Å². The maximum absolute atomic E-state index is 12.4. The first-order valence-electron chi connectivity index (χ1n) is 8.07. The van der Waals surface area contributed by atoms with E-state index in [1.807, 2.05) is 44.2 Å². The monoisotopic (exact) mass is 389 g/mol. The van der Waals surface area contributed by atoms with Crippen LogP contribution >= 0.6 is 15.9 Å². The van der Waals surface area contributed by atoms with Crippen LogP contribution in [0.3, 0.4) is 0 Å². The molecule has 126 valence electrons. The molecule has 1 heterocycles. The number of ether oxygens (including phenoxy) is 1. The van der Waals surface area contributed by atoms with E-state index in [0.717, 1.165) is 21.4 Å². The second kappa shape index (κ2) is 6.93. The van der Waals surface area contributed by atoms with Gasteiger partial charge in [-0.2, -0.15) is 0 Å². The second-order valence-corrected chi connectivity index (χ2v) is 7.19. The van der Waals surface area contributed by atoms with Gasteiger partial charge in [-0.3, -0.25) is 9.59 Å². The average molecular weight is 390 g/mol. The lowest BCUT2D eigenvalue weighted by atomic mass is 10.1. The molecule has 24 heavy (non-hydrogen) atoms. The Morgan fingerprint density at radius 2 is 1.88 bits per heavy atom. The second-order valence-electron chi connectivity index (χ2n) is 6.27. The van der Waals surface area contributed by atoms with Crippen LogP contribution < -0.4 is 0 Å². The van der Waals surface area contributed by atoms with Crippen molar-refractivity contribution in [3.8, 4) is 0 Å². The van der Waals surface area contributed by atoms with Gasteiger partial charge in [-0.05, 0) is 50.5 Å². The molecule has 1 aromatic carbocycles. The summed E-state index contributed by atoms with van der Waals surface area (Å²) in [6.07, 6.45) is 2.51. The number of hydrogen-bond acceptors (Lipinski definition) is 3. The zero-order valence-electron chi connectivity index (χ0n) is 13.8. The number of hydrogen-bond donors (Lipinski definition) is 0. The van der Waals surface area contributed by atoms with Crippen LogP contribution in [0.4, 0.5) is 0 Å². The Kier molecular flexibility index (Phi) is 4.90. The molecule has 0 saturated heterocycles. The number of aromatic nitrogens is 1. The Bertz CT molecular complexity index is 773. The highest BCUT2D eigenvalue weighted by Gasteiger charge is 2.28. The number of halogens is 1. The van der Waals surface area contributed by atoms with E-state index in [1.54, 1.807) is 0 Å². The quantitative estimate of drug-likeness (QED) is 0.550. The van der Waals surface area contributed by atoms with Crippen LogP contribution in [0, 0.1) is 13.8 Å². The van der Waals surface area contributed by atoms with Gasteiger partial charge in [0.2, 0.25) is 5.78 Å².